The van der Waals surface area contributed by atoms with E-state index in [0.717, 1.165) is 29.7 Å². The van der Waals surface area contributed by atoms with E-state index in [1.807, 2.05) is 13.8 Å². The molecule has 2 aromatic heterocycles. The third kappa shape index (κ3) is 3.91. The maximum Gasteiger partial charge on any atom is 0.259 e. The number of nitrogens with zero attached hydrogens (tertiary/aromatic N) is 3. The van der Waals surface area contributed by atoms with Gasteiger partial charge in [0.15, 0.2) is 0 Å². The Morgan fingerprint density at radius 1 is 1.16 bits per heavy atom. The number of hydrogen-bond acceptors (Lipinski definition) is 6. The summed E-state index contributed by atoms with van der Waals surface area (Å²) in [6, 6.07) is 4.99. The van der Waals surface area contributed by atoms with Gasteiger partial charge >= 0.3 is 0 Å². The van der Waals surface area contributed by atoms with Crippen molar-refractivity contribution in [2.24, 2.45) is 0 Å². The molecule has 8 nitrogen and oxygen atoms in total. The summed E-state index contributed by atoms with van der Waals surface area (Å²) in [6.45, 7) is 9.83. The summed E-state index contributed by atoms with van der Waals surface area (Å²) in [5.41, 5.74) is 4.26. The van der Waals surface area contributed by atoms with Gasteiger partial charge in [-0.25, -0.2) is 13.4 Å². The highest BCUT2D eigenvalue weighted by molar-refractivity contribution is 7.89. The van der Waals surface area contributed by atoms with Gasteiger partial charge in [0.05, 0.1) is 21.5 Å². The standard InChI is InChI=1S/C23H28N4O4S/c1-6-27(7-2)32(29,30)17-10-13(3)14(4)19(11-17)24-22(28)18-12-20(16-8-9-16)25-23-21(18)15(5)26-31-23/h10-12,16H,6-9H2,1-5H3,(H,24,28). The van der Waals surface area contributed by atoms with Crippen LogP contribution in [0.15, 0.2) is 27.6 Å². The minimum atomic E-state index is -3.66. The van der Waals surface area contributed by atoms with E-state index in [1.54, 1.807) is 32.9 Å². The topological polar surface area (TPSA) is 105 Å². The first-order valence-corrected chi connectivity index (χ1v) is 12.3. The zero-order chi connectivity index (χ0) is 23.2. The predicted octanol–water partition coefficient (Wildman–Crippen LogP) is 4.31. The first kappa shape index (κ1) is 22.4. The fourth-order valence-electron chi connectivity index (χ4n) is 3.89. The molecule has 1 aromatic carbocycles. The maximum absolute atomic E-state index is 13.4. The number of carbonyl (C=O) groups excluding carboxylic acids is 1. The number of rotatable bonds is 7. The fraction of sp³-hybridized carbons (Fsp3) is 0.435. The van der Waals surface area contributed by atoms with E-state index in [1.165, 1.54) is 10.4 Å². The van der Waals surface area contributed by atoms with Crippen LogP contribution in [0.2, 0.25) is 0 Å². The van der Waals surface area contributed by atoms with E-state index in [9.17, 15) is 13.2 Å². The van der Waals surface area contributed by atoms with Crippen molar-refractivity contribution in [1.29, 1.82) is 0 Å². The van der Waals surface area contributed by atoms with Crippen LogP contribution >= 0.6 is 0 Å². The second kappa shape index (κ2) is 8.29. The third-order valence-electron chi connectivity index (χ3n) is 6.11. The van der Waals surface area contributed by atoms with Crippen LogP contribution in [-0.2, 0) is 10.0 Å². The molecule has 32 heavy (non-hydrogen) atoms. The summed E-state index contributed by atoms with van der Waals surface area (Å²) < 4.78 is 32.9. The number of sulfonamides is 1. The first-order chi connectivity index (χ1) is 15.2. The van der Waals surface area contributed by atoms with Crippen LogP contribution in [0.1, 0.15) is 65.5 Å². The number of carbonyl (C=O) groups is 1. The van der Waals surface area contributed by atoms with Crippen LogP contribution in [0.3, 0.4) is 0 Å². The monoisotopic (exact) mass is 456 g/mol. The largest absolute Gasteiger partial charge is 0.336 e. The number of fused-ring (bicyclic) bond motifs is 1. The molecule has 4 rings (SSSR count). The second-order valence-corrected chi connectivity index (χ2v) is 10.2. The summed E-state index contributed by atoms with van der Waals surface area (Å²) in [5, 5.41) is 7.49. The Hall–Kier alpha value is -2.78. The molecule has 1 aliphatic carbocycles. The average Bonchev–Trinajstić information content (AvgIpc) is 3.54. The van der Waals surface area contributed by atoms with Crippen LogP contribution in [0.25, 0.3) is 11.1 Å². The number of benzene rings is 1. The Balaban J connectivity index is 1.76. The number of pyridine rings is 1. The molecule has 0 saturated heterocycles. The molecule has 1 N–H and O–H groups in total. The molecule has 0 bridgehead atoms. The number of aryl methyl sites for hydroxylation is 2. The van der Waals surface area contributed by atoms with Crippen molar-refractivity contribution in [3.8, 4) is 0 Å². The molecule has 1 amide bonds. The summed E-state index contributed by atoms with van der Waals surface area (Å²) in [7, 11) is -3.66. The molecule has 170 valence electrons. The van der Waals surface area contributed by atoms with Crippen molar-refractivity contribution >= 4 is 32.7 Å². The van der Waals surface area contributed by atoms with E-state index in [-0.39, 0.29) is 10.8 Å². The lowest BCUT2D eigenvalue weighted by Gasteiger charge is -2.20. The molecule has 0 spiro atoms. The van der Waals surface area contributed by atoms with Crippen LogP contribution in [-0.4, -0.2) is 41.9 Å². The molecule has 1 saturated carbocycles. The number of nitrogens with one attached hydrogen (secondary N) is 1. The van der Waals surface area contributed by atoms with E-state index in [2.05, 4.69) is 15.5 Å². The molecule has 0 unspecified atom stereocenters. The summed E-state index contributed by atoms with van der Waals surface area (Å²) in [4.78, 5) is 18.1. The van der Waals surface area contributed by atoms with Gasteiger partial charge in [0.25, 0.3) is 11.6 Å². The second-order valence-electron chi connectivity index (χ2n) is 8.27. The number of hydrogen-bond donors (Lipinski definition) is 1. The van der Waals surface area contributed by atoms with Gasteiger partial charge < -0.3 is 9.84 Å². The Kier molecular flexibility index (Phi) is 5.81. The van der Waals surface area contributed by atoms with E-state index >= 15 is 0 Å². The zero-order valence-corrected chi connectivity index (χ0v) is 19.8. The zero-order valence-electron chi connectivity index (χ0n) is 19.0. The van der Waals surface area contributed by atoms with Crippen molar-refractivity contribution in [2.75, 3.05) is 18.4 Å². The smallest absolute Gasteiger partial charge is 0.259 e. The van der Waals surface area contributed by atoms with Gasteiger partial charge in [-0.3, -0.25) is 4.79 Å². The molecule has 2 heterocycles. The third-order valence-corrected chi connectivity index (χ3v) is 8.14. The van der Waals surface area contributed by atoms with Crippen LogP contribution in [0, 0.1) is 20.8 Å². The van der Waals surface area contributed by atoms with Crippen molar-refractivity contribution in [3.05, 3.63) is 46.3 Å². The van der Waals surface area contributed by atoms with Gasteiger partial charge in [0, 0.05) is 30.4 Å². The van der Waals surface area contributed by atoms with Crippen molar-refractivity contribution in [3.63, 3.8) is 0 Å². The highest BCUT2D eigenvalue weighted by Crippen LogP contribution is 2.40. The lowest BCUT2D eigenvalue weighted by molar-refractivity contribution is 0.102. The quantitative estimate of drug-likeness (QED) is 0.568. The normalized spacial score (nSPS) is 14.3. The SMILES string of the molecule is CCN(CC)S(=O)(=O)c1cc(C)c(C)c(NC(=O)c2cc(C3CC3)nc3onc(C)c23)c1. The minimum Gasteiger partial charge on any atom is -0.336 e. The van der Waals surface area contributed by atoms with Crippen LogP contribution in [0.4, 0.5) is 5.69 Å². The number of anilines is 1. The minimum absolute atomic E-state index is 0.166. The van der Waals surface area contributed by atoms with Crippen LogP contribution in [0.5, 0.6) is 0 Å². The molecular weight excluding hydrogens is 428 g/mol. The first-order valence-electron chi connectivity index (χ1n) is 10.9. The lowest BCUT2D eigenvalue weighted by atomic mass is 10.1. The van der Waals surface area contributed by atoms with E-state index in [4.69, 9.17) is 4.52 Å². The molecule has 0 radical (unpaired) electrons. The predicted molar refractivity (Wildman–Crippen MR) is 122 cm³/mol. The Labute approximate surface area is 188 Å². The average molecular weight is 457 g/mol. The molecule has 1 fully saturated rings. The van der Waals surface area contributed by atoms with Gasteiger partial charge in [-0.05, 0) is 62.9 Å². The van der Waals surface area contributed by atoms with E-state index < -0.39 is 10.0 Å². The Morgan fingerprint density at radius 3 is 2.47 bits per heavy atom. The van der Waals surface area contributed by atoms with Gasteiger partial charge in [0.2, 0.25) is 10.0 Å². The molecule has 1 aliphatic rings. The summed E-state index contributed by atoms with van der Waals surface area (Å²) >= 11 is 0. The number of amides is 1. The van der Waals surface area contributed by atoms with Crippen molar-refractivity contribution in [2.45, 2.75) is 58.3 Å². The molecule has 3 aromatic rings. The summed E-state index contributed by atoms with van der Waals surface area (Å²) in [5.74, 6) is -0.00614. The van der Waals surface area contributed by atoms with Crippen molar-refractivity contribution in [1.82, 2.24) is 14.4 Å². The van der Waals surface area contributed by atoms with Crippen LogP contribution < -0.4 is 5.32 Å². The van der Waals surface area contributed by atoms with Gasteiger partial charge in [-0.2, -0.15) is 4.31 Å². The number of aromatic nitrogens is 2. The summed E-state index contributed by atoms with van der Waals surface area (Å²) in [6.07, 6.45) is 2.08. The lowest BCUT2D eigenvalue weighted by Crippen LogP contribution is -2.30. The van der Waals surface area contributed by atoms with Gasteiger partial charge in [0.1, 0.15) is 0 Å². The molecule has 9 heteroatoms. The maximum atomic E-state index is 13.4. The Bertz CT molecular complexity index is 1310. The van der Waals surface area contributed by atoms with E-state index in [0.29, 0.717) is 47.1 Å². The van der Waals surface area contributed by atoms with Gasteiger partial charge in [-0.15, -0.1) is 0 Å². The van der Waals surface area contributed by atoms with Crippen molar-refractivity contribution < 1.29 is 17.7 Å². The molecule has 0 aliphatic heterocycles. The molecule has 0 atom stereocenters. The Morgan fingerprint density at radius 2 is 1.84 bits per heavy atom. The fourth-order valence-corrected chi connectivity index (χ4v) is 5.46. The highest BCUT2D eigenvalue weighted by Gasteiger charge is 2.29. The highest BCUT2D eigenvalue weighted by atomic mass is 32.2. The molecular formula is C23H28N4O4S. The van der Waals surface area contributed by atoms with Gasteiger partial charge in [-0.1, -0.05) is 19.0 Å².